The van der Waals surface area contributed by atoms with E-state index >= 15 is 0 Å². The summed E-state index contributed by atoms with van der Waals surface area (Å²) < 4.78 is 13.4. The van der Waals surface area contributed by atoms with Crippen molar-refractivity contribution >= 4 is 15.9 Å². The molecule has 0 N–H and O–H groups in total. The van der Waals surface area contributed by atoms with Gasteiger partial charge in [-0.15, -0.1) is 0 Å². The Morgan fingerprint density at radius 1 is 1.20 bits per heavy atom. The number of hydrogen-bond donors (Lipinski definition) is 0. The van der Waals surface area contributed by atoms with Crippen LogP contribution in [-0.2, 0) is 16.1 Å². The summed E-state index contributed by atoms with van der Waals surface area (Å²) in [5.41, 5.74) is 1.13. The summed E-state index contributed by atoms with van der Waals surface area (Å²) in [6.45, 7) is 7.94. The fraction of sp³-hybridized carbons (Fsp3) is 0.647. The van der Waals surface area contributed by atoms with E-state index in [1.165, 1.54) is 5.56 Å². The van der Waals surface area contributed by atoms with Gasteiger partial charge in [-0.25, -0.2) is 0 Å². The second kappa shape index (κ2) is 6.59. The molecular weight excluding hydrogens is 316 g/mol. The predicted molar refractivity (Wildman–Crippen MR) is 85.8 cm³/mol. The molecule has 2 atom stereocenters. The summed E-state index contributed by atoms with van der Waals surface area (Å²) in [7, 11) is 0. The van der Waals surface area contributed by atoms with Crippen LogP contribution in [0.3, 0.4) is 0 Å². The maximum Gasteiger partial charge on any atom is 0.0920 e. The van der Waals surface area contributed by atoms with Crippen molar-refractivity contribution in [1.29, 1.82) is 0 Å². The van der Waals surface area contributed by atoms with Crippen molar-refractivity contribution in [3.05, 3.63) is 34.3 Å². The average molecular weight is 341 g/mol. The van der Waals surface area contributed by atoms with Gasteiger partial charge < -0.3 is 9.47 Å². The highest BCUT2D eigenvalue weighted by Gasteiger charge is 2.44. The minimum atomic E-state index is -0.0913. The molecule has 20 heavy (non-hydrogen) atoms. The molecule has 0 aromatic heterocycles. The van der Waals surface area contributed by atoms with Gasteiger partial charge in [0, 0.05) is 4.47 Å². The van der Waals surface area contributed by atoms with Gasteiger partial charge in [0.2, 0.25) is 0 Å². The van der Waals surface area contributed by atoms with Crippen molar-refractivity contribution in [2.24, 2.45) is 0 Å². The van der Waals surface area contributed by atoms with E-state index in [9.17, 15) is 0 Å². The minimum Gasteiger partial charge on any atom is -0.374 e. The summed E-state index contributed by atoms with van der Waals surface area (Å²) in [5.74, 6) is 0. The standard InChI is InChI=1S/C17H25BrO2/c1-4-16(3)10-11-17(5-2,20-16)13-19-12-14-8-6-7-9-15(14)18/h6-9H,4-5,10-13H2,1-3H3. The molecule has 1 aromatic rings. The zero-order valence-electron chi connectivity index (χ0n) is 12.7. The molecule has 3 heteroatoms. The Morgan fingerprint density at radius 2 is 1.95 bits per heavy atom. The van der Waals surface area contributed by atoms with Crippen LogP contribution in [0, 0.1) is 0 Å². The second-order valence-electron chi connectivity index (χ2n) is 6.03. The molecule has 1 fully saturated rings. The normalized spacial score (nSPS) is 29.8. The Bertz CT molecular complexity index is 448. The molecule has 112 valence electrons. The third-order valence-electron chi connectivity index (χ3n) is 4.55. The van der Waals surface area contributed by atoms with Crippen LogP contribution in [0.2, 0.25) is 0 Å². The Balaban J connectivity index is 1.91. The van der Waals surface area contributed by atoms with Crippen LogP contribution in [-0.4, -0.2) is 17.8 Å². The molecule has 2 rings (SSSR count). The first-order valence-corrected chi connectivity index (χ1v) is 8.33. The van der Waals surface area contributed by atoms with Crippen molar-refractivity contribution in [1.82, 2.24) is 0 Å². The minimum absolute atomic E-state index is 0.0344. The SMILES string of the molecule is CCC1(C)CCC(CC)(COCc2ccccc2Br)O1. The number of benzene rings is 1. The van der Waals surface area contributed by atoms with Crippen molar-refractivity contribution in [3.63, 3.8) is 0 Å². The van der Waals surface area contributed by atoms with Gasteiger partial charge in [0.05, 0.1) is 24.4 Å². The maximum absolute atomic E-state index is 6.37. The molecule has 0 aliphatic carbocycles. The molecule has 0 amide bonds. The van der Waals surface area contributed by atoms with Crippen LogP contribution in [0.25, 0.3) is 0 Å². The largest absolute Gasteiger partial charge is 0.374 e. The first-order chi connectivity index (χ1) is 9.52. The van der Waals surface area contributed by atoms with E-state index in [0.717, 1.165) is 30.2 Å². The third kappa shape index (κ3) is 3.63. The zero-order valence-corrected chi connectivity index (χ0v) is 14.3. The Morgan fingerprint density at radius 3 is 2.55 bits per heavy atom. The van der Waals surface area contributed by atoms with E-state index < -0.39 is 0 Å². The van der Waals surface area contributed by atoms with Gasteiger partial charge in [-0.1, -0.05) is 48.0 Å². The first kappa shape index (κ1) is 16.0. The lowest BCUT2D eigenvalue weighted by Gasteiger charge is -2.32. The van der Waals surface area contributed by atoms with Gasteiger partial charge in [0.15, 0.2) is 0 Å². The van der Waals surface area contributed by atoms with Crippen LogP contribution in [0.15, 0.2) is 28.7 Å². The number of rotatable bonds is 6. The Labute approximate surface area is 131 Å². The summed E-state index contributed by atoms with van der Waals surface area (Å²) >= 11 is 3.56. The number of ether oxygens (including phenoxy) is 2. The first-order valence-electron chi connectivity index (χ1n) is 7.54. The molecule has 1 aliphatic heterocycles. The zero-order chi connectivity index (χ0) is 14.6. The van der Waals surface area contributed by atoms with E-state index in [1.807, 2.05) is 12.1 Å². The molecule has 0 spiro atoms. The van der Waals surface area contributed by atoms with Gasteiger partial charge in [-0.05, 0) is 44.2 Å². The van der Waals surface area contributed by atoms with Crippen molar-refractivity contribution in [3.8, 4) is 0 Å². The van der Waals surface area contributed by atoms with Gasteiger partial charge in [-0.3, -0.25) is 0 Å². The lowest BCUT2D eigenvalue weighted by atomic mass is 9.94. The molecule has 1 saturated heterocycles. The van der Waals surface area contributed by atoms with Crippen LogP contribution >= 0.6 is 15.9 Å². The van der Waals surface area contributed by atoms with Gasteiger partial charge in [-0.2, -0.15) is 0 Å². The topological polar surface area (TPSA) is 18.5 Å². The van der Waals surface area contributed by atoms with Gasteiger partial charge in [0.1, 0.15) is 0 Å². The average Bonchev–Trinajstić information content (AvgIpc) is 2.80. The van der Waals surface area contributed by atoms with Crippen molar-refractivity contribution in [2.45, 2.75) is 64.3 Å². The van der Waals surface area contributed by atoms with Crippen LogP contribution in [0.4, 0.5) is 0 Å². The lowest BCUT2D eigenvalue weighted by molar-refractivity contribution is -0.134. The fourth-order valence-corrected chi connectivity index (χ4v) is 3.18. The van der Waals surface area contributed by atoms with E-state index in [0.29, 0.717) is 13.2 Å². The summed E-state index contributed by atoms with van der Waals surface area (Å²) in [5, 5.41) is 0. The number of hydrogen-bond acceptors (Lipinski definition) is 2. The molecule has 0 saturated carbocycles. The molecule has 0 bridgehead atoms. The smallest absolute Gasteiger partial charge is 0.0920 e. The molecule has 1 aromatic carbocycles. The van der Waals surface area contributed by atoms with Gasteiger partial charge >= 0.3 is 0 Å². The highest BCUT2D eigenvalue weighted by atomic mass is 79.9. The lowest BCUT2D eigenvalue weighted by Crippen LogP contribution is -2.37. The Hall–Kier alpha value is -0.380. The molecule has 2 unspecified atom stereocenters. The predicted octanol–water partition coefficient (Wildman–Crippen LogP) is 5.09. The van der Waals surface area contributed by atoms with E-state index in [1.54, 1.807) is 0 Å². The van der Waals surface area contributed by atoms with Crippen LogP contribution < -0.4 is 0 Å². The fourth-order valence-electron chi connectivity index (χ4n) is 2.78. The molecule has 1 heterocycles. The molecule has 1 aliphatic rings. The van der Waals surface area contributed by atoms with Crippen molar-refractivity contribution in [2.75, 3.05) is 6.61 Å². The second-order valence-corrected chi connectivity index (χ2v) is 6.88. The quantitative estimate of drug-likeness (QED) is 0.717. The Kier molecular flexibility index (Phi) is 5.27. The molecule has 0 radical (unpaired) electrons. The van der Waals surface area contributed by atoms with Crippen LogP contribution in [0.5, 0.6) is 0 Å². The van der Waals surface area contributed by atoms with E-state index in [2.05, 4.69) is 48.8 Å². The van der Waals surface area contributed by atoms with Crippen LogP contribution in [0.1, 0.15) is 52.0 Å². The highest BCUT2D eigenvalue weighted by Crippen LogP contribution is 2.41. The summed E-state index contributed by atoms with van der Waals surface area (Å²) in [6, 6.07) is 8.20. The monoisotopic (exact) mass is 340 g/mol. The summed E-state index contributed by atoms with van der Waals surface area (Å²) in [4.78, 5) is 0. The maximum atomic E-state index is 6.37. The summed E-state index contributed by atoms with van der Waals surface area (Å²) in [6.07, 6.45) is 4.32. The number of halogens is 1. The molecular formula is C17H25BrO2. The van der Waals surface area contributed by atoms with E-state index in [-0.39, 0.29) is 11.2 Å². The van der Waals surface area contributed by atoms with Gasteiger partial charge in [0.25, 0.3) is 0 Å². The van der Waals surface area contributed by atoms with E-state index in [4.69, 9.17) is 9.47 Å². The highest BCUT2D eigenvalue weighted by molar-refractivity contribution is 9.10. The molecule has 2 nitrogen and oxygen atoms in total. The van der Waals surface area contributed by atoms with Crippen molar-refractivity contribution < 1.29 is 9.47 Å². The third-order valence-corrected chi connectivity index (χ3v) is 5.32.